The molecule has 0 fully saturated rings. The summed E-state index contributed by atoms with van der Waals surface area (Å²) >= 11 is 0. The molecule has 3 nitrogen and oxygen atoms in total. The Morgan fingerprint density at radius 2 is 1.67 bits per heavy atom. The zero-order chi connectivity index (χ0) is 13.7. The largest absolute Gasteiger partial charge is 0.506 e. The third kappa shape index (κ3) is 5.05. The fourth-order valence-electron chi connectivity index (χ4n) is 2.17. The van der Waals surface area contributed by atoms with Gasteiger partial charge in [-0.2, -0.15) is 0 Å². The summed E-state index contributed by atoms with van der Waals surface area (Å²) < 4.78 is 0. The molecule has 0 aromatic carbocycles. The van der Waals surface area contributed by atoms with Crippen LogP contribution in [0, 0.1) is 18.8 Å². The number of pyridine rings is 1. The third-order valence-electron chi connectivity index (χ3n) is 2.71. The normalized spacial score (nSPS) is 11.8. The molecule has 1 heterocycles. The van der Waals surface area contributed by atoms with Gasteiger partial charge in [-0.15, -0.1) is 0 Å². The first-order valence-corrected chi connectivity index (χ1v) is 6.76. The summed E-state index contributed by atoms with van der Waals surface area (Å²) in [5, 5.41) is 9.86. The van der Waals surface area contributed by atoms with E-state index in [4.69, 9.17) is 0 Å². The van der Waals surface area contributed by atoms with Crippen LogP contribution in [-0.4, -0.2) is 28.1 Å². The van der Waals surface area contributed by atoms with E-state index in [2.05, 4.69) is 37.6 Å². The molecule has 3 heteroatoms. The van der Waals surface area contributed by atoms with Crippen LogP contribution in [0.3, 0.4) is 0 Å². The van der Waals surface area contributed by atoms with E-state index in [1.54, 1.807) is 6.07 Å². The number of aromatic hydroxyl groups is 1. The van der Waals surface area contributed by atoms with Crippen molar-refractivity contribution in [2.45, 2.75) is 41.2 Å². The molecule has 0 saturated heterocycles. The highest BCUT2D eigenvalue weighted by molar-refractivity contribution is 5.27. The topological polar surface area (TPSA) is 36.4 Å². The molecule has 0 bridgehead atoms. The summed E-state index contributed by atoms with van der Waals surface area (Å²) in [6.45, 7) is 13.6. The van der Waals surface area contributed by atoms with E-state index in [0.29, 0.717) is 17.6 Å². The molecule has 102 valence electrons. The predicted octanol–water partition coefficient (Wildman–Crippen LogP) is 3.21. The highest BCUT2D eigenvalue weighted by Crippen LogP contribution is 2.18. The fourth-order valence-corrected chi connectivity index (χ4v) is 2.17. The van der Waals surface area contributed by atoms with Crippen LogP contribution in [0.2, 0.25) is 0 Å². The summed E-state index contributed by atoms with van der Waals surface area (Å²) in [7, 11) is 0. The second-order valence-corrected chi connectivity index (χ2v) is 5.90. The molecule has 0 aliphatic rings. The fraction of sp³-hybridized carbons (Fsp3) is 0.667. The first-order chi connectivity index (χ1) is 8.38. The Balaban J connectivity index is 2.77. The quantitative estimate of drug-likeness (QED) is 0.842. The highest BCUT2D eigenvalue weighted by Gasteiger charge is 2.13. The van der Waals surface area contributed by atoms with E-state index < -0.39 is 0 Å². The van der Waals surface area contributed by atoms with Gasteiger partial charge in [0.15, 0.2) is 0 Å². The van der Waals surface area contributed by atoms with Crippen molar-refractivity contribution in [3.05, 3.63) is 23.5 Å². The Hall–Kier alpha value is -1.09. The molecule has 0 atom stereocenters. The molecule has 1 N–H and O–H groups in total. The van der Waals surface area contributed by atoms with E-state index in [9.17, 15) is 5.11 Å². The zero-order valence-electron chi connectivity index (χ0n) is 12.3. The lowest BCUT2D eigenvalue weighted by Crippen LogP contribution is -2.31. The van der Waals surface area contributed by atoms with Gasteiger partial charge in [-0.1, -0.05) is 27.7 Å². The van der Waals surface area contributed by atoms with Crippen LogP contribution in [0.25, 0.3) is 0 Å². The van der Waals surface area contributed by atoms with Gasteiger partial charge in [0.2, 0.25) is 0 Å². The number of hydrogen-bond donors (Lipinski definition) is 1. The molecule has 0 aliphatic heterocycles. The number of hydrogen-bond acceptors (Lipinski definition) is 3. The predicted molar refractivity (Wildman–Crippen MR) is 75.6 cm³/mol. The molecule has 1 rings (SSSR count). The van der Waals surface area contributed by atoms with Gasteiger partial charge in [-0.3, -0.25) is 9.88 Å². The van der Waals surface area contributed by atoms with E-state index in [1.807, 2.05) is 13.0 Å². The van der Waals surface area contributed by atoms with Crippen LogP contribution < -0.4 is 0 Å². The van der Waals surface area contributed by atoms with Gasteiger partial charge in [0.1, 0.15) is 5.75 Å². The molecule has 0 amide bonds. The van der Waals surface area contributed by atoms with Crippen LogP contribution >= 0.6 is 0 Å². The molecule has 0 saturated carbocycles. The molecule has 0 aliphatic carbocycles. The third-order valence-corrected chi connectivity index (χ3v) is 2.71. The van der Waals surface area contributed by atoms with Gasteiger partial charge >= 0.3 is 0 Å². The lowest BCUT2D eigenvalue weighted by molar-refractivity contribution is 0.206. The molecule has 1 aromatic heterocycles. The lowest BCUT2D eigenvalue weighted by atomic mass is 10.1. The second kappa shape index (κ2) is 6.74. The van der Waals surface area contributed by atoms with Crippen LogP contribution in [0.15, 0.2) is 12.1 Å². The second-order valence-electron chi connectivity index (χ2n) is 5.90. The van der Waals surface area contributed by atoms with Gasteiger partial charge in [0.05, 0.1) is 5.69 Å². The van der Waals surface area contributed by atoms with Crippen LogP contribution in [0.1, 0.15) is 39.1 Å². The Bertz CT molecular complexity index is 365. The minimum Gasteiger partial charge on any atom is -0.506 e. The SMILES string of the molecule is Cc1ccc(O)c(CN(CC(C)C)CC(C)C)n1. The Morgan fingerprint density at radius 3 is 2.17 bits per heavy atom. The van der Waals surface area contributed by atoms with Crippen molar-refractivity contribution >= 4 is 0 Å². The molecule has 0 unspecified atom stereocenters. The summed E-state index contributed by atoms with van der Waals surface area (Å²) in [6.07, 6.45) is 0. The minimum absolute atomic E-state index is 0.304. The number of aryl methyl sites for hydroxylation is 1. The van der Waals surface area contributed by atoms with Gasteiger partial charge in [-0.25, -0.2) is 0 Å². The van der Waals surface area contributed by atoms with Gasteiger partial charge in [0, 0.05) is 25.3 Å². The molecule has 1 aromatic rings. The Morgan fingerprint density at radius 1 is 1.11 bits per heavy atom. The van der Waals surface area contributed by atoms with E-state index >= 15 is 0 Å². The lowest BCUT2D eigenvalue weighted by Gasteiger charge is -2.26. The highest BCUT2D eigenvalue weighted by atomic mass is 16.3. The van der Waals surface area contributed by atoms with Crippen molar-refractivity contribution in [1.29, 1.82) is 0 Å². The summed E-state index contributed by atoms with van der Waals surface area (Å²) in [5.74, 6) is 1.55. The number of nitrogens with zero attached hydrogens (tertiary/aromatic N) is 2. The van der Waals surface area contributed by atoms with E-state index in [0.717, 1.165) is 31.0 Å². The minimum atomic E-state index is 0.304. The summed E-state index contributed by atoms with van der Waals surface area (Å²) in [6, 6.07) is 3.58. The zero-order valence-corrected chi connectivity index (χ0v) is 12.3. The van der Waals surface area contributed by atoms with Crippen LogP contribution in [0.4, 0.5) is 0 Å². The van der Waals surface area contributed by atoms with Crippen molar-refractivity contribution < 1.29 is 5.11 Å². The van der Waals surface area contributed by atoms with E-state index in [1.165, 1.54) is 0 Å². The summed E-state index contributed by atoms with van der Waals surface area (Å²) in [4.78, 5) is 6.81. The molecule has 18 heavy (non-hydrogen) atoms. The first kappa shape index (κ1) is 15.0. The van der Waals surface area contributed by atoms with Crippen LogP contribution in [0.5, 0.6) is 5.75 Å². The van der Waals surface area contributed by atoms with Crippen molar-refractivity contribution in [3.8, 4) is 5.75 Å². The average molecular weight is 250 g/mol. The van der Waals surface area contributed by atoms with Gasteiger partial charge in [0.25, 0.3) is 0 Å². The molecule has 0 spiro atoms. The van der Waals surface area contributed by atoms with Crippen molar-refractivity contribution in [2.24, 2.45) is 11.8 Å². The molecule has 0 radical (unpaired) electrons. The van der Waals surface area contributed by atoms with E-state index in [-0.39, 0.29) is 0 Å². The van der Waals surface area contributed by atoms with Crippen molar-refractivity contribution in [3.63, 3.8) is 0 Å². The average Bonchev–Trinajstić information content (AvgIpc) is 2.21. The number of rotatable bonds is 6. The number of aromatic nitrogens is 1. The Labute approximate surface area is 111 Å². The van der Waals surface area contributed by atoms with Crippen molar-refractivity contribution in [1.82, 2.24) is 9.88 Å². The Kier molecular flexibility index (Phi) is 5.60. The molecular weight excluding hydrogens is 224 g/mol. The van der Waals surface area contributed by atoms with Crippen LogP contribution in [-0.2, 0) is 6.54 Å². The summed E-state index contributed by atoms with van der Waals surface area (Å²) in [5.41, 5.74) is 1.74. The standard InChI is InChI=1S/C15H26N2O/c1-11(2)8-17(9-12(3)4)10-14-15(18)7-6-13(5)16-14/h6-7,11-12,18H,8-10H2,1-5H3. The smallest absolute Gasteiger partial charge is 0.138 e. The maximum absolute atomic E-state index is 9.86. The maximum Gasteiger partial charge on any atom is 0.138 e. The van der Waals surface area contributed by atoms with Gasteiger partial charge in [-0.05, 0) is 30.9 Å². The molecular formula is C15H26N2O. The van der Waals surface area contributed by atoms with Crippen molar-refractivity contribution in [2.75, 3.05) is 13.1 Å². The first-order valence-electron chi connectivity index (χ1n) is 6.76. The monoisotopic (exact) mass is 250 g/mol. The van der Waals surface area contributed by atoms with Gasteiger partial charge < -0.3 is 5.11 Å². The maximum atomic E-state index is 9.86.